The predicted octanol–water partition coefficient (Wildman–Crippen LogP) is 5.70. The third-order valence-electron chi connectivity index (χ3n) is 10.6. The Labute approximate surface area is 268 Å². The fourth-order valence-electron chi connectivity index (χ4n) is 8.59. The van der Waals surface area contributed by atoms with Crippen LogP contribution in [0.1, 0.15) is 83.6 Å². The van der Waals surface area contributed by atoms with Gasteiger partial charge in [0.25, 0.3) is 0 Å². The maximum atomic E-state index is 14.5. The molecule has 4 aliphatic rings. The van der Waals surface area contributed by atoms with Crippen molar-refractivity contribution in [3.63, 3.8) is 0 Å². The standard InChI is InChI=1S/C32H51ClN4O6S/c1-21-17-32(18-22(2)43-21,24-11-13-25(33)14-12-24)29(36(3)31(39)40)30(38)35-28-9-5-4-7-23(28)10-15-27-19-34-26-8-6-16-44(41,42)37(27)20-26/h11-14,21-23,26-29,34,41-42H,4-10,15-20H2,1-3H3,(H,35,38)(H,39,40)/t21-,22+,23-,26-,27+,28+,29-,32?/m1/s1. The van der Waals surface area contributed by atoms with E-state index in [-0.39, 0.29) is 36.1 Å². The van der Waals surface area contributed by atoms with Crippen LogP contribution in [-0.4, -0.2) is 97.7 Å². The molecule has 5 N–H and O–H groups in total. The molecule has 44 heavy (non-hydrogen) atoms. The van der Waals surface area contributed by atoms with E-state index in [0.29, 0.717) is 36.2 Å². The average molecular weight is 655 g/mol. The van der Waals surface area contributed by atoms with E-state index < -0.39 is 28.3 Å². The van der Waals surface area contributed by atoms with E-state index in [0.717, 1.165) is 63.5 Å². The lowest BCUT2D eigenvalue weighted by Crippen LogP contribution is -2.63. The van der Waals surface area contributed by atoms with Crippen molar-refractivity contribution in [1.29, 1.82) is 0 Å². The van der Waals surface area contributed by atoms with E-state index in [1.807, 2.05) is 30.3 Å². The van der Waals surface area contributed by atoms with Gasteiger partial charge in [-0.25, -0.2) is 9.10 Å². The molecule has 5 rings (SSSR count). The summed E-state index contributed by atoms with van der Waals surface area (Å²) in [5.41, 5.74) is 0.0889. The number of likely N-dealkylation sites (N-methyl/N-ethyl adjacent to an activating group) is 1. The maximum Gasteiger partial charge on any atom is 0.407 e. The summed E-state index contributed by atoms with van der Waals surface area (Å²) in [6, 6.07) is 6.75. The highest BCUT2D eigenvalue weighted by molar-refractivity contribution is 8.22. The summed E-state index contributed by atoms with van der Waals surface area (Å²) in [6.07, 6.45) is 6.88. The van der Waals surface area contributed by atoms with Crippen LogP contribution in [0.4, 0.5) is 4.79 Å². The van der Waals surface area contributed by atoms with Crippen molar-refractivity contribution in [2.75, 3.05) is 25.9 Å². The minimum absolute atomic E-state index is 0.0388. The van der Waals surface area contributed by atoms with Gasteiger partial charge in [-0.1, -0.05) is 36.6 Å². The van der Waals surface area contributed by atoms with Crippen LogP contribution in [0.15, 0.2) is 24.3 Å². The first-order valence-corrected chi connectivity index (χ1v) is 18.4. The summed E-state index contributed by atoms with van der Waals surface area (Å²) in [4.78, 5) is 28.2. The second-order valence-corrected chi connectivity index (χ2v) is 16.3. The first-order valence-electron chi connectivity index (χ1n) is 16.3. The Hall–Kier alpha value is -1.60. The molecule has 0 aromatic heterocycles. The first kappa shape index (κ1) is 33.8. The summed E-state index contributed by atoms with van der Waals surface area (Å²) in [5.74, 6) is 0.390. The molecule has 0 radical (unpaired) electrons. The SMILES string of the molecule is C[C@@H]1CC(c2ccc(Cl)cc2)([C@@H](C(=O)N[C@H]2CCCC[C@@H]2CC[C@H]2CN[C@@H]3CCCS(O)(O)N2C3)N(C)C(=O)O)C[C@H](C)O1. The monoisotopic (exact) mass is 654 g/mol. The molecule has 12 heteroatoms. The maximum absolute atomic E-state index is 14.5. The van der Waals surface area contributed by atoms with Crippen molar-refractivity contribution in [2.45, 2.75) is 120 Å². The summed E-state index contributed by atoms with van der Waals surface area (Å²) in [5, 5.41) is 17.8. The van der Waals surface area contributed by atoms with Crippen molar-refractivity contribution < 1.29 is 28.5 Å². The Morgan fingerprint density at radius 1 is 1.11 bits per heavy atom. The number of amides is 2. The molecular formula is C32H51ClN4O6S. The zero-order chi connectivity index (χ0) is 31.6. The van der Waals surface area contributed by atoms with Crippen LogP contribution < -0.4 is 10.6 Å². The number of nitrogens with zero attached hydrogens (tertiary/aromatic N) is 2. The lowest BCUT2D eigenvalue weighted by atomic mass is 9.65. The average Bonchev–Trinajstić information content (AvgIpc) is 3.08. The van der Waals surface area contributed by atoms with Crippen LogP contribution >= 0.6 is 22.4 Å². The molecule has 0 spiro atoms. The largest absolute Gasteiger partial charge is 0.465 e. The zero-order valence-electron chi connectivity index (χ0n) is 26.3. The van der Waals surface area contributed by atoms with Gasteiger partial charge in [-0.3, -0.25) is 18.8 Å². The van der Waals surface area contributed by atoms with E-state index in [1.54, 1.807) is 12.1 Å². The van der Waals surface area contributed by atoms with Crippen molar-refractivity contribution >= 4 is 34.4 Å². The Bertz CT molecular complexity index is 1150. The summed E-state index contributed by atoms with van der Waals surface area (Å²) < 4.78 is 29.9. The molecule has 9 atom stereocenters. The van der Waals surface area contributed by atoms with Gasteiger partial charge in [-0.15, -0.1) is 10.8 Å². The molecule has 3 heterocycles. The van der Waals surface area contributed by atoms with Crippen molar-refractivity contribution in [3.05, 3.63) is 34.9 Å². The summed E-state index contributed by atoms with van der Waals surface area (Å²) in [7, 11) is -1.27. The normalized spacial score (nSPS) is 36.8. The van der Waals surface area contributed by atoms with Gasteiger partial charge < -0.3 is 20.5 Å². The predicted molar refractivity (Wildman–Crippen MR) is 174 cm³/mol. The lowest BCUT2D eigenvalue weighted by molar-refractivity contribution is -0.135. The highest BCUT2D eigenvalue weighted by Crippen LogP contribution is 2.49. The topological polar surface area (TPSA) is 135 Å². The zero-order valence-corrected chi connectivity index (χ0v) is 27.9. The number of ether oxygens (including phenoxy) is 1. The van der Waals surface area contributed by atoms with Crippen LogP contribution in [0.2, 0.25) is 5.02 Å². The van der Waals surface area contributed by atoms with Crippen LogP contribution in [0.3, 0.4) is 0 Å². The van der Waals surface area contributed by atoms with Crippen LogP contribution in [0, 0.1) is 5.92 Å². The van der Waals surface area contributed by atoms with Gasteiger partial charge in [0.05, 0.1) is 18.0 Å². The molecule has 3 saturated heterocycles. The second-order valence-electron chi connectivity index (χ2n) is 13.7. The highest BCUT2D eigenvalue weighted by atomic mass is 35.5. The molecule has 1 saturated carbocycles. The van der Waals surface area contributed by atoms with E-state index in [4.69, 9.17) is 16.3 Å². The minimum atomic E-state index is -2.77. The van der Waals surface area contributed by atoms with Gasteiger partial charge in [0, 0.05) is 48.7 Å². The Kier molecular flexibility index (Phi) is 10.8. The fraction of sp³-hybridized carbons (Fsp3) is 0.750. The number of fused-ring (bicyclic) bond motifs is 2. The van der Waals surface area contributed by atoms with Crippen LogP contribution in [-0.2, 0) is 14.9 Å². The highest BCUT2D eigenvalue weighted by Gasteiger charge is 2.52. The third kappa shape index (κ3) is 7.35. The minimum Gasteiger partial charge on any atom is -0.465 e. The molecule has 10 nitrogen and oxygen atoms in total. The molecule has 4 fully saturated rings. The lowest BCUT2D eigenvalue weighted by Gasteiger charge is -2.50. The fourth-order valence-corrected chi connectivity index (χ4v) is 10.6. The quantitative estimate of drug-likeness (QED) is 0.241. The van der Waals surface area contributed by atoms with Gasteiger partial charge in [0.1, 0.15) is 6.04 Å². The number of hydrogen-bond donors (Lipinski definition) is 5. The van der Waals surface area contributed by atoms with E-state index in [9.17, 15) is 23.8 Å². The molecule has 1 aromatic rings. The smallest absolute Gasteiger partial charge is 0.407 e. The number of rotatable bonds is 8. The molecule has 3 aliphatic heterocycles. The Morgan fingerprint density at radius 3 is 2.48 bits per heavy atom. The molecule has 2 unspecified atom stereocenters. The number of hydrogen-bond acceptors (Lipinski definition) is 7. The van der Waals surface area contributed by atoms with Crippen molar-refractivity contribution in [3.8, 4) is 0 Å². The van der Waals surface area contributed by atoms with Crippen LogP contribution in [0.5, 0.6) is 0 Å². The number of halogens is 1. The molecule has 2 amide bonds. The van der Waals surface area contributed by atoms with Crippen LogP contribution in [0.25, 0.3) is 0 Å². The van der Waals surface area contributed by atoms with Gasteiger partial charge in [-0.2, -0.15) is 0 Å². The second kappa shape index (κ2) is 14.0. The van der Waals surface area contributed by atoms with E-state index in [1.165, 1.54) is 11.9 Å². The Balaban J connectivity index is 1.37. The number of piperazine rings is 1. The molecule has 1 aromatic carbocycles. The summed E-state index contributed by atoms with van der Waals surface area (Å²) in [6.45, 7) is 5.36. The number of carbonyl (C=O) groups is 2. The van der Waals surface area contributed by atoms with E-state index >= 15 is 0 Å². The Morgan fingerprint density at radius 2 is 1.80 bits per heavy atom. The number of benzene rings is 1. The van der Waals surface area contributed by atoms with Crippen molar-refractivity contribution in [1.82, 2.24) is 19.8 Å². The number of carboxylic acid groups (broad SMARTS) is 1. The summed E-state index contributed by atoms with van der Waals surface area (Å²) >= 11 is 6.25. The van der Waals surface area contributed by atoms with Gasteiger partial charge in [-0.05, 0) is 88.8 Å². The third-order valence-corrected chi connectivity index (χ3v) is 12.8. The molecule has 248 valence electrons. The molecule has 1 aliphatic carbocycles. The first-order chi connectivity index (χ1) is 20.9. The number of carbonyl (C=O) groups excluding carboxylic acids is 1. The van der Waals surface area contributed by atoms with Gasteiger partial charge in [0.15, 0.2) is 0 Å². The van der Waals surface area contributed by atoms with Gasteiger partial charge >= 0.3 is 6.09 Å². The van der Waals surface area contributed by atoms with Gasteiger partial charge in [0.2, 0.25) is 5.91 Å². The van der Waals surface area contributed by atoms with Crippen molar-refractivity contribution in [2.24, 2.45) is 5.92 Å². The molecular weight excluding hydrogens is 604 g/mol. The van der Waals surface area contributed by atoms with E-state index in [2.05, 4.69) is 10.6 Å². The number of nitrogens with one attached hydrogen (secondary N) is 2. The molecule has 2 bridgehead atoms.